The third-order valence-corrected chi connectivity index (χ3v) is 4.87. The molecular weight excluding hydrogens is 368 g/mol. The molecular formula is C19H36N2O5S. The van der Waals surface area contributed by atoms with Crippen LogP contribution in [0, 0.1) is 0 Å². The molecule has 1 saturated heterocycles. The van der Waals surface area contributed by atoms with E-state index in [9.17, 15) is 14.4 Å². The predicted molar refractivity (Wildman–Crippen MR) is 109 cm³/mol. The van der Waals surface area contributed by atoms with E-state index in [4.69, 9.17) is 9.47 Å². The van der Waals surface area contributed by atoms with Crippen molar-refractivity contribution in [1.82, 2.24) is 10.6 Å². The van der Waals surface area contributed by atoms with Gasteiger partial charge in [-0.05, 0) is 40.7 Å². The average Bonchev–Trinajstić information content (AvgIpc) is 3.03. The third kappa shape index (κ3) is 14.4. The minimum absolute atomic E-state index is 0.184. The normalized spacial score (nSPS) is 18.9. The number of rotatable bonds is 10. The molecule has 0 aromatic carbocycles. The van der Waals surface area contributed by atoms with Gasteiger partial charge in [-0.25, -0.2) is 0 Å². The summed E-state index contributed by atoms with van der Waals surface area (Å²) in [5.74, 6) is 1.70. The number of thioether (sulfide) groups is 1. The molecule has 2 atom stereocenters. The molecule has 1 heterocycles. The maximum absolute atomic E-state index is 11.3. The standard InChI is InChI=1S/C13H24O4.C6H12N2OS/c1-5-6-8-11(14)16-10-7-9-12(15)17-13(2,3)4;1-7-5-2-10-3-6(5)8-4-9/h5-10H2,1-4H3;4-7H,2-3H2,1H3,(H,8,9). The first-order valence-corrected chi connectivity index (χ1v) is 10.7. The molecule has 0 aromatic heterocycles. The molecule has 0 spiro atoms. The van der Waals surface area contributed by atoms with Crippen molar-refractivity contribution in [3.05, 3.63) is 0 Å². The number of unbranched alkanes of at least 4 members (excludes halogenated alkanes) is 1. The molecule has 2 unspecified atom stereocenters. The number of carbonyl (C=O) groups excluding carboxylic acids is 3. The van der Waals surface area contributed by atoms with Crippen molar-refractivity contribution in [2.45, 2.75) is 77.5 Å². The molecule has 2 N–H and O–H groups in total. The molecule has 0 aromatic rings. The second kappa shape index (κ2) is 14.7. The van der Waals surface area contributed by atoms with Crippen molar-refractivity contribution in [1.29, 1.82) is 0 Å². The molecule has 27 heavy (non-hydrogen) atoms. The van der Waals surface area contributed by atoms with Crippen LogP contribution in [0.2, 0.25) is 0 Å². The van der Waals surface area contributed by atoms with Gasteiger partial charge in [-0.2, -0.15) is 11.8 Å². The third-order valence-electron chi connectivity index (χ3n) is 3.68. The topological polar surface area (TPSA) is 93.7 Å². The summed E-state index contributed by atoms with van der Waals surface area (Å²) in [6.07, 6.45) is 3.88. The molecule has 8 heteroatoms. The molecule has 0 aliphatic carbocycles. The molecule has 1 fully saturated rings. The Labute approximate surface area is 167 Å². The van der Waals surface area contributed by atoms with Gasteiger partial charge in [-0.3, -0.25) is 14.4 Å². The quantitative estimate of drug-likeness (QED) is 0.328. The number of likely N-dealkylation sites (N-methyl/N-ethyl adjacent to an activating group) is 1. The lowest BCUT2D eigenvalue weighted by molar-refractivity contribution is -0.156. The smallest absolute Gasteiger partial charge is 0.306 e. The van der Waals surface area contributed by atoms with Crippen LogP contribution in [-0.2, 0) is 23.9 Å². The summed E-state index contributed by atoms with van der Waals surface area (Å²) in [4.78, 5) is 32.5. The number of nitrogens with one attached hydrogen (secondary N) is 2. The second-order valence-electron chi connectivity index (χ2n) is 7.34. The Kier molecular flexibility index (Phi) is 14.0. The van der Waals surface area contributed by atoms with Crippen LogP contribution in [0.3, 0.4) is 0 Å². The number of esters is 2. The number of hydrogen-bond donors (Lipinski definition) is 2. The van der Waals surface area contributed by atoms with Crippen molar-refractivity contribution < 1.29 is 23.9 Å². The van der Waals surface area contributed by atoms with Gasteiger partial charge in [0.1, 0.15) is 5.60 Å². The van der Waals surface area contributed by atoms with Gasteiger partial charge < -0.3 is 20.1 Å². The lowest BCUT2D eigenvalue weighted by Crippen LogP contribution is -2.45. The Morgan fingerprint density at radius 1 is 1.11 bits per heavy atom. The van der Waals surface area contributed by atoms with Gasteiger partial charge in [0.05, 0.1) is 12.6 Å². The first-order chi connectivity index (χ1) is 12.7. The fourth-order valence-electron chi connectivity index (χ4n) is 2.28. The van der Waals surface area contributed by atoms with Gasteiger partial charge in [0.15, 0.2) is 0 Å². The van der Waals surface area contributed by atoms with Crippen molar-refractivity contribution in [3.63, 3.8) is 0 Å². The molecule has 1 amide bonds. The van der Waals surface area contributed by atoms with E-state index in [0.29, 0.717) is 38.0 Å². The zero-order chi connectivity index (χ0) is 20.7. The van der Waals surface area contributed by atoms with E-state index < -0.39 is 5.60 Å². The van der Waals surface area contributed by atoms with E-state index in [0.717, 1.165) is 30.8 Å². The van der Waals surface area contributed by atoms with Crippen molar-refractivity contribution in [3.8, 4) is 0 Å². The highest BCUT2D eigenvalue weighted by Crippen LogP contribution is 2.17. The highest BCUT2D eigenvalue weighted by atomic mass is 32.2. The van der Waals surface area contributed by atoms with Crippen LogP contribution in [0.15, 0.2) is 0 Å². The van der Waals surface area contributed by atoms with Crippen LogP contribution in [0.5, 0.6) is 0 Å². The highest BCUT2D eigenvalue weighted by Gasteiger charge is 2.25. The van der Waals surface area contributed by atoms with Crippen LogP contribution in [0.1, 0.15) is 59.8 Å². The number of hydrogen-bond acceptors (Lipinski definition) is 7. The summed E-state index contributed by atoms with van der Waals surface area (Å²) < 4.78 is 10.1. The van der Waals surface area contributed by atoms with Crippen LogP contribution < -0.4 is 10.6 Å². The van der Waals surface area contributed by atoms with E-state index in [1.54, 1.807) is 0 Å². The Hall–Kier alpha value is -1.28. The molecule has 0 saturated carbocycles. The minimum Gasteiger partial charge on any atom is -0.466 e. The summed E-state index contributed by atoms with van der Waals surface area (Å²) in [6, 6.07) is 0.780. The predicted octanol–water partition coefficient (Wildman–Crippen LogP) is 2.28. The monoisotopic (exact) mass is 404 g/mol. The summed E-state index contributed by atoms with van der Waals surface area (Å²) >= 11 is 1.87. The molecule has 0 radical (unpaired) electrons. The Bertz CT molecular complexity index is 440. The molecule has 7 nitrogen and oxygen atoms in total. The summed E-state index contributed by atoms with van der Waals surface area (Å²) in [7, 11) is 1.93. The van der Waals surface area contributed by atoms with E-state index in [1.807, 2.05) is 46.5 Å². The molecule has 158 valence electrons. The molecule has 0 bridgehead atoms. The van der Waals surface area contributed by atoms with Crippen molar-refractivity contribution in [2.75, 3.05) is 25.2 Å². The van der Waals surface area contributed by atoms with Gasteiger partial charge in [-0.1, -0.05) is 13.3 Å². The van der Waals surface area contributed by atoms with E-state index in [-0.39, 0.29) is 11.9 Å². The van der Waals surface area contributed by atoms with E-state index in [2.05, 4.69) is 10.6 Å². The van der Waals surface area contributed by atoms with E-state index >= 15 is 0 Å². The summed E-state index contributed by atoms with van der Waals surface area (Å²) in [6.45, 7) is 7.80. The minimum atomic E-state index is -0.450. The Morgan fingerprint density at radius 2 is 1.74 bits per heavy atom. The molecule has 1 aliphatic rings. The SMILES string of the molecule is CCCCC(=O)OCCCC(=O)OC(C)(C)C.CNC1CSCC1NC=O. The molecule has 1 aliphatic heterocycles. The highest BCUT2D eigenvalue weighted by molar-refractivity contribution is 7.99. The zero-order valence-electron chi connectivity index (χ0n) is 17.3. The first kappa shape index (κ1) is 25.7. The van der Waals surface area contributed by atoms with Crippen molar-refractivity contribution in [2.24, 2.45) is 0 Å². The van der Waals surface area contributed by atoms with Gasteiger partial charge in [0.25, 0.3) is 0 Å². The second-order valence-corrected chi connectivity index (χ2v) is 8.41. The van der Waals surface area contributed by atoms with E-state index in [1.165, 1.54) is 0 Å². The molecule has 1 rings (SSSR count). The van der Waals surface area contributed by atoms with Crippen LogP contribution in [0.4, 0.5) is 0 Å². The lowest BCUT2D eigenvalue weighted by Gasteiger charge is -2.19. The maximum atomic E-state index is 11.3. The van der Waals surface area contributed by atoms with Gasteiger partial charge in [0, 0.05) is 30.4 Å². The summed E-state index contributed by atoms with van der Waals surface area (Å²) in [5, 5.41) is 5.94. The fraction of sp³-hybridized carbons (Fsp3) is 0.842. The number of carbonyl (C=O) groups is 3. The van der Waals surface area contributed by atoms with Gasteiger partial charge >= 0.3 is 11.9 Å². The van der Waals surface area contributed by atoms with Gasteiger partial charge in [-0.15, -0.1) is 0 Å². The summed E-state index contributed by atoms with van der Waals surface area (Å²) in [5.41, 5.74) is -0.450. The Morgan fingerprint density at radius 3 is 2.30 bits per heavy atom. The zero-order valence-corrected chi connectivity index (χ0v) is 18.2. The van der Waals surface area contributed by atoms with Crippen LogP contribution >= 0.6 is 11.8 Å². The largest absolute Gasteiger partial charge is 0.466 e. The van der Waals surface area contributed by atoms with Crippen LogP contribution in [0.25, 0.3) is 0 Å². The fourth-order valence-corrected chi connectivity index (χ4v) is 3.65. The van der Waals surface area contributed by atoms with Crippen LogP contribution in [-0.4, -0.2) is 61.2 Å². The first-order valence-electron chi connectivity index (χ1n) is 9.55. The Balaban J connectivity index is 0.000000569. The average molecular weight is 405 g/mol. The number of ether oxygens (including phenoxy) is 2. The lowest BCUT2D eigenvalue weighted by atomic mass is 10.2. The van der Waals surface area contributed by atoms with Gasteiger partial charge in [0.2, 0.25) is 6.41 Å². The maximum Gasteiger partial charge on any atom is 0.306 e. The number of amides is 1. The van der Waals surface area contributed by atoms with Crippen molar-refractivity contribution >= 4 is 30.1 Å².